The van der Waals surface area contributed by atoms with Crippen LogP contribution in [-0.4, -0.2) is 68.8 Å². The van der Waals surface area contributed by atoms with Gasteiger partial charge in [0.15, 0.2) is 9.84 Å². The van der Waals surface area contributed by atoms with Crippen molar-refractivity contribution in [1.29, 1.82) is 0 Å². The smallest absolute Gasteiger partial charge is 0.233 e. The molecule has 8 nitrogen and oxygen atoms in total. The summed E-state index contributed by atoms with van der Waals surface area (Å²) in [4.78, 5) is 14.7. The van der Waals surface area contributed by atoms with Crippen LogP contribution in [0, 0.1) is 0 Å². The van der Waals surface area contributed by atoms with Gasteiger partial charge < -0.3 is 4.90 Å². The van der Waals surface area contributed by atoms with Gasteiger partial charge in [-0.3, -0.25) is 4.79 Å². The van der Waals surface area contributed by atoms with E-state index < -0.39 is 9.84 Å². The predicted octanol–water partition coefficient (Wildman–Crippen LogP) is 1.57. The number of aromatic nitrogens is 4. The van der Waals surface area contributed by atoms with E-state index in [1.54, 1.807) is 9.58 Å². The molecule has 3 rings (SSSR count). The van der Waals surface area contributed by atoms with Crippen LogP contribution >= 0.6 is 11.8 Å². The highest BCUT2D eigenvalue weighted by molar-refractivity contribution is 7.99. The molecule has 0 radical (unpaired) electrons. The van der Waals surface area contributed by atoms with Crippen LogP contribution in [-0.2, 0) is 14.6 Å². The van der Waals surface area contributed by atoms with E-state index in [0.717, 1.165) is 12.1 Å². The number of nitrogens with zero attached hydrogens (tertiary/aromatic N) is 5. The predicted molar refractivity (Wildman–Crippen MR) is 104 cm³/mol. The van der Waals surface area contributed by atoms with E-state index in [1.165, 1.54) is 11.8 Å². The molecule has 27 heavy (non-hydrogen) atoms. The molecule has 0 spiro atoms. The number of thioether (sulfide) groups is 1. The number of hydrogen-bond acceptors (Lipinski definition) is 7. The van der Waals surface area contributed by atoms with E-state index in [-0.39, 0.29) is 35.2 Å². The number of carbonyl (C=O) groups is 1. The first-order chi connectivity index (χ1) is 12.9. The number of hydrogen-bond donors (Lipinski definition) is 0. The van der Waals surface area contributed by atoms with E-state index in [0.29, 0.717) is 11.6 Å². The number of rotatable bonds is 7. The number of para-hydroxylation sites is 1. The van der Waals surface area contributed by atoms with Crippen molar-refractivity contribution >= 4 is 27.5 Å². The maximum atomic E-state index is 12.9. The molecule has 10 heteroatoms. The molecule has 1 aliphatic rings. The molecule has 2 aromatic rings. The van der Waals surface area contributed by atoms with Gasteiger partial charge >= 0.3 is 0 Å². The molecule has 1 aliphatic heterocycles. The van der Waals surface area contributed by atoms with Gasteiger partial charge in [0, 0.05) is 12.1 Å². The normalized spacial score (nSPS) is 19.7. The molecular weight excluding hydrogens is 386 g/mol. The Morgan fingerprint density at radius 3 is 2.74 bits per heavy atom. The monoisotopic (exact) mass is 409 g/mol. The Kier molecular flexibility index (Phi) is 6.15. The van der Waals surface area contributed by atoms with Crippen LogP contribution in [0.4, 0.5) is 0 Å². The fraction of sp³-hybridized carbons (Fsp3) is 0.529. The van der Waals surface area contributed by atoms with Crippen LogP contribution in [0.1, 0.15) is 26.7 Å². The largest absolute Gasteiger partial charge is 0.335 e. The number of carbonyl (C=O) groups excluding carboxylic acids is 1. The van der Waals surface area contributed by atoms with E-state index in [9.17, 15) is 13.2 Å². The molecule has 2 atom stereocenters. The molecule has 0 unspecified atom stereocenters. The van der Waals surface area contributed by atoms with E-state index >= 15 is 0 Å². The van der Waals surface area contributed by atoms with Gasteiger partial charge in [-0.1, -0.05) is 36.9 Å². The Bertz CT molecular complexity index is 885. The van der Waals surface area contributed by atoms with Crippen molar-refractivity contribution in [2.24, 2.45) is 0 Å². The maximum absolute atomic E-state index is 12.9. The highest BCUT2D eigenvalue weighted by atomic mass is 32.2. The third kappa shape index (κ3) is 4.67. The van der Waals surface area contributed by atoms with Crippen molar-refractivity contribution in [3.05, 3.63) is 30.3 Å². The molecule has 0 saturated carbocycles. The lowest BCUT2D eigenvalue weighted by Gasteiger charge is -2.33. The van der Waals surface area contributed by atoms with Crippen molar-refractivity contribution in [1.82, 2.24) is 25.1 Å². The van der Waals surface area contributed by atoms with Crippen LogP contribution < -0.4 is 0 Å². The summed E-state index contributed by atoms with van der Waals surface area (Å²) in [7, 11) is -3.05. The van der Waals surface area contributed by atoms with Crippen molar-refractivity contribution in [2.75, 3.05) is 17.3 Å². The van der Waals surface area contributed by atoms with Gasteiger partial charge in [0.25, 0.3) is 0 Å². The van der Waals surface area contributed by atoms with Gasteiger partial charge in [0.05, 0.1) is 22.9 Å². The third-order valence-corrected chi connectivity index (χ3v) is 7.38. The molecule has 1 saturated heterocycles. The third-order valence-electron chi connectivity index (χ3n) is 4.72. The second kappa shape index (κ2) is 8.39. The SMILES string of the molecule is CC[C@H](C)N(C(=O)CSc1nnnn1-c1ccccc1)[C@@H]1CCS(=O)(=O)C1. The fourth-order valence-corrected chi connectivity index (χ4v) is 5.67. The van der Waals surface area contributed by atoms with Gasteiger partial charge in [0.1, 0.15) is 0 Å². The van der Waals surface area contributed by atoms with Gasteiger partial charge in [-0.25, -0.2) is 8.42 Å². The van der Waals surface area contributed by atoms with Crippen LogP contribution in [0.3, 0.4) is 0 Å². The van der Waals surface area contributed by atoms with Crippen molar-refractivity contribution < 1.29 is 13.2 Å². The van der Waals surface area contributed by atoms with Crippen LogP contribution in [0.15, 0.2) is 35.5 Å². The summed E-state index contributed by atoms with van der Waals surface area (Å²) in [6.07, 6.45) is 1.28. The topological polar surface area (TPSA) is 98.1 Å². The average Bonchev–Trinajstić information content (AvgIpc) is 3.27. The van der Waals surface area contributed by atoms with Gasteiger partial charge in [0.2, 0.25) is 11.1 Å². The number of sulfone groups is 1. The Hall–Kier alpha value is -1.94. The first-order valence-electron chi connectivity index (χ1n) is 8.89. The second-order valence-corrected chi connectivity index (χ2v) is 9.78. The molecule has 1 amide bonds. The molecule has 1 aromatic carbocycles. The lowest BCUT2D eigenvalue weighted by molar-refractivity contribution is -0.132. The average molecular weight is 410 g/mol. The van der Waals surface area contributed by atoms with Gasteiger partial charge in [-0.15, -0.1) is 5.10 Å². The van der Waals surface area contributed by atoms with E-state index in [4.69, 9.17) is 0 Å². The zero-order chi connectivity index (χ0) is 19.4. The zero-order valence-corrected chi connectivity index (χ0v) is 17.0. The van der Waals surface area contributed by atoms with Crippen LogP contribution in [0.5, 0.6) is 0 Å². The summed E-state index contributed by atoms with van der Waals surface area (Å²) < 4.78 is 25.3. The number of amides is 1. The standard InChI is InChI=1S/C17H23N5O3S2/c1-3-13(2)21(15-9-10-27(24,25)12-15)16(23)11-26-17-18-19-20-22(17)14-7-5-4-6-8-14/h4-8,13,15H,3,9-12H2,1-2H3/t13-,15+/m0/s1. The molecule has 0 bridgehead atoms. The fourth-order valence-electron chi connectivity index (χ4n) is 3.20. The number of benzene rings is 1. The Morgan fingerprint density at radius 1 is 1.37 bits per heavy atom. The summed E-state index contributed by atoms with van der Waals surface area (Å²) in [5.74, 6) is 0.278. The highest BCUT2D eigenvalue weighted by Gasteiger charge is 2.36. The summed E-state index contributed by atoms with van der Waals surface area (Å²) in [6, 6.07) is 9.20. The van der Waals surface area contributed by atoms with E-state index in [2.05, 4.69) is 15.5 Å². The van der Waals surface area contributed by atoms with Crippen LogP contribution in [0.25, 0.3) is 5.69 Å². The summed E-state index contributed by atoms with van der Waals surface area (Å²) in [5.41, 5.74) is 0.818. The van der Waals surface area contributed by atoms with Crippen molar-refractivity contribution in [3.63, 3.8) is 0 Å². The molecule has 0 N–H and O–H groups in total. The summed E-state index contributed by atoms with van der Waals surface area (Å²) in [6.45, 7) is 3.96. The zero-order valence-electron chi connectivity index (χ0n) is 15.4. The van der Waals surface area contributed by atoms with Gasteiger partial charge in [-0.2, -0.15) is 4.68 Å². The Balaban J connectivity index is 1.71. The number of tetrazole rings is 1. The second-order valence-electron chi connectivity index (χ2n) is 6.61. The van der Waals surface area contributed by atoms with Gasteiger partial charge in [-0.05, 0) is 42.3 Å². The molecule has 0 aliphatic carbocycles. The molecule has 1 fully saturated rings. The minimum Gasteiger partial charge on any atom is -0.335 e. The highest BCUT2D eigenvalue weighted by Crippen LogP contribution is 2.24. The Labute approximate surface area is 163 Å². The molecular formula is C17H23N5O3S2. The molecule has 2 heterocycles. The lowest BCUT2D eigenvalue weighted by atomic mass is 10.1. The van der Waals surface area contributed by atoms with E-state index in [1.807, 2.05) is 44.2 Å². The minimum atomic E-state index is -3.05. The first-order valence-corrected chi connectivity index (χ1v) is 11.7. The molecule has 146 valence electrons. The quantitative estimate of drug-likeness (QED) is 0.640. The van der Waals surface area contributed by atoms with Crippen molar-refractivity contribution in [2.45, 2.75) is 43.9 Å². The summed E-state index contributed by atoms with van der Waals surface area (Å²) >= 11 is 1.26. The summed E-state index contributed by atoms with van der Waals surface area (Å²) in [5, 5.41) is 12.2. The first kappa shape index (κ1) is 19.8. The molecule has 1 aromatic heterocycles. The minimum absolute atomic E-state index is 0.0125. The maximum Gasteiger partial charge on any atom is 0.233 e. The van der Waals surface area contributed by atoms with Crippen molar-refractivity contribution in [3.8, 4) is 5.69 Å². The lowest BCUT2D eigenvalue weighted by Crippen LogP contribution is -2.47. The Morgan fingerprint density at radius 2 is 2.11 bits per heavy atom. The van der Waals surface area contributed by atoms with Crippen LogP contribution in [0.2, 0.25) is 0 Å².